The molecule has 0 aliphatic rings. The second-order valence-electron chi connectivity index (χ2n) is 4.98. The van der Waals surface area contributed by atoms with Crippen LogP contribution in [0.5, 0.6) is 0 Å². The average molecular weight is 293 g/mol. The molecule has 0 fully saturated rings. The van der Waals surface area contributed by atoms with Crippen LogP contribution in [0.25, 0.3) is 11.1 Å². The third-order valence-corrected chi connectivity index (χ3v) is 3.35. The first kappa shape index (κ1) is 15.6. The fourth-order valence-electron chi connectivity index (χ4n) is 2.32. The van der Waals surface area contributed by atoms with E-state index in [9.17, 15) is 13.2 Å². The molecule has 21 heavy (non-hydrogen) atoms. The van der Waals surface area contributed by atoms with Crippen LogP contribution in [-0.4, -0.2) is 6.54 Å². The van der Waals surface area contributed by atoms with E-state index in [4.69, 9.17) is 0 Å². The van der Waals surface area contributed by atoms with Crippen LogP contribution in [-0.2, 0) is 12.7 Å². The van der Waals surface area contributed by atoms with E-state index < -0.39 is 11.7 Å². The van der Waals surface area contributed by atoms with Crippen LogP contribution in [0, 0.1) is 6.92 Å². The Kier molecular flexibility index (Phi) is 4.68. The quantitative estimate of drug-likeness (QED) is 0.854. The number of hydrogen-bond donors (Lipinski definition) is 1. The minimum absolute atomic E-state index is 0.238. The van der Waals surface area contributed by atoms with E-state index in [-0.39, 0.29) is 5.56 Å². The molecule has 2 rings (SSSR count). The van der Waals surface area contributed by atoms with Gasteiger partial charge >= 0.3 is 6.18 Å². The van der Waals surface area contributed by atoms with E-state index >= 15 is 0 Å². The Hall–Kier alpha value is -1.81. The SMILES string of the molecule is CCNCc1ccc(C)cc1-c1ccccc1C(F)(F)F. The zero-order valence-corrected chi connectivity index (χ0v) is 12.1. The van der Waals surface area contributed by atoms with E-state index in [1.54, 1.807) is 6.07 Å². The van der Waals surface area contributed by atoms with E-state index in [1.165, 1.54) is 12.1 Å². The van der Waals surface area contributed by atoms with Crippen LogP contribution in [0.15, 0.2) is 42.5 Å². The Bertz CT molecular complexity index is 618. The van der Waals surface area contributed by atoms with Crippen molar-refractivity contribution in [3.8, 4) is 11.1 Å². The van der Waals surface area contributed by atoms with Crippen molar-refractivity contribution in [3.63, 3.8) is 0 Å². The molecule has 0 aromatic heterocycles. The molecule has 0 heterocycles. The second-order valence-corrected chi connectivity index (χ2v) is 4.98. The van der Waals surface area contributed by atoms with E-state index in [0.717, 1.165) is 23.7 Å². The Morgan fingerprint density at radius 3 is 2.38 bits per heavy atom. The summed E-state index contributed by atoms with van der Waals surface area (Å²) < 4.78 is 39.6. The Balaban J connectivity index is 2.58. The lowest BCUT2D eigenvalue weighted by Crippen LogP contribution is -2.13. The summed E-state index contributed by atoms with van der Waals surface area (Å²) in [6, 6.07) is 11.4. The zero-order valence-electron chi connectivity index (χ0n) is 12.1. The van der Waals surface area contributed by atoms with Crippen molar-refractivity contribution in [2.45, 2.75) is 26.6 Å². The zero-order chi connectivity index (χ0) is 15.5. The maximum absolute atomic E-state index is 13.2. The van der Waals surface area contributed by atoms with Crippen molar-refractivity contribution in [1.82, 2.24) is 5.32 Å². The number of hydrogen-bond acceptors (Lipinski definition) is 1. The van der Waals surface area contributed by atoms with Gasteiger partial charge in [-0.3, -0.25) is 0 Å². The number of benzene rings is 2. The van der Waals surface area contributed by atoms with Gasteiger partial charge in [0.1, 0.15) is 0 Å². The van der Waals surface area contributed by atoms with Gasteiger partial charge in [-0.2, -0.15) is 13.2 Å². The molecule has 0 saturated heterocycles. The molecule has 0 unspecified atom stereocenters. The molecular weight excluding hydrogens is 275 g/mol. The summed E-state index contributed by atoms with van der Waals surface area (Å²) in [6.45, 7) is 5.18. The third-order valence-electron chi connectivity index (χ3n) is 3.35. The van der Waals surface area contributed by atoms with Crippen LogP contribution in [0.1, 0.15) is 23.6 Å². The van der Waals surface area contributed by atoms with Crippen molar-refractivity contribution in [1.29, 1.82) is 0 Å². The fourth-order valence-corrected chi connectivity index (χ4v) is 2.32. The summed E-state index contributed by atoms with van der Waals surface area (Å²) in [6.07, 6.45) is -4.35. The Labute approximate surface area is 122 Å². The molecule has 2 aromatic carbocycles. The molecular formula is C17H18F3N. The topological polar surface area (TPSA) is 12.0 Å². The van der Waals surface area contributed by atoms with Crippen LogP contribution >= 0.6 is 0 Å². The molecule has 0 atom stereocenters. The molecule has 0 bridgehead atoms. The van der Waals surface area contributed by atoms with Crippen LogP contribution in [0.4, 0.5) is 13.2 Å². The predicted octanol–water partition coefficient (Wildman–Crippen LogP) is 4.79. The predicted molar refractivity (Wildman–Crippen MR) is 79.0 cm³/mol. The van der Waals surface area contributed by atoms with Gasteiger partial charge in [-0.15, -0.1) is 0 Å². The largest absolute Gasteiger partial charge is 0.417 e. The van der Waals surface area contributed by atoms with Gasteiger partial charge in [0, 0.05) is 6.54 Å². The average Bonchev–Trinajstić information content (AvgIpc) is 2.45. The van der Waals surface area contributed by atoms with Gasteiger partial charge in [-0.05, 0) is 36.2 Å². The fraction of sp³-hybridized carbons (Fsp3) is 0.294. The number of halogens is 3. The van der Waals surface area contributed by atoms with Crippen molar-refractivity contribution in [3.05, 3.63) is 59.2 Å². The smallest absolute Gasteiger partial charge is 0.313 e. The van der Waals surface area contributed by atoms with E-state index in [0.29, 0.717) is 12.1 Å². The molecule has 1 N–H and O–H groups in total. The van der Waals surface area contributed by atoms with Gasteiger partial charge in [-0.1, -0.05) is 48.9 Å². The highest BCUT2D eigenvalue weighted by Gasteiger charge is 2.33. The number of rotatable bonds is 4. The Morgan fingerprint density at radius 1 is 1.00 bits per heavy atom. The van der Waals surface area contributed by atoms with Crippen molar-refractivity contribution in [2.75, 3.05) is 6.54 Å². The van der Waals surface area contributed by atoms with Gasteiger partial charge in [0.15, 0.2) is 0 Å². The summed E-state index contributed by atoms with van der Waals surface area (Å²) in [5.41, 5.74) is 2.11. The van der Waals surface area contributed by atoms with Crippen molar-refractivity contribution in [2.24, 2.45) is 0 Å². The van der Waals surface area contributed by atoms with E-state index in [1.807, 2.05) is 32.0 Å². The minimum atomic E-state index is -4.35. The molecule has 0 amide bonds. The molecule has 2 aromatic rings. The normalized spacial score (nSPS) is 11.7. The maximum atomic E-state index is 13.2. The summed E-state index contributed by atoms with van der Waals surface area (Å²) in [5, 5.41) is 3.17. The molecule has 0 saturated carbocycles. The molecule has 112 valence electrons. The van der Waals surface area contributed by atoms with Crippen molar-refractivity contribution < 1.29 is 13.2 Å². The summed E-state index contributed by atoms with van der Waals surface area (Å²) in [4.78, 5) is 0. The number of alkyl halides is 3. The van der Waals surface area contributed by atoms with Gasteiger partial charge < -0.3 is 5.32 Å². The highest BCUT2D eigenvalue weighted by Crippen LogP contribution is 2.38. The molecule has 0 aliphatic carbocycles. The summed E-state index contributed by atoms with van der Waals surface area (Å²) >= 11 is 0. The molecule has 0 spiro atoms. The number of aryl methyl sites for hydroxylation is 1. The molecule has 0 radical (unpaired) electrons. The third kappa shape index (κ3) is 3.64. The molecule has 1 nitrogen and oxygen atoms in total. The van der Waals surface area contributed by atoms with Crippen LogP contribution in [0.2, 0.25) is 0 Å². The lowest BCUT2D eigenvalue weighted by molar-refractivity contribution is -0.137. The number of nitrogens with one attached hydrogen (secondary N) is 1. The highest BCUT2D eigenvalue weighted by molar-refractivity contribution is 5.72. The monoisotopic (exact) mass is 293 g/mol. The highest BCUT2D eigenvalue weighted by atomic mass is 19.4. The standard InChI is InChI=1S/C17H18F3N/c1-3-21-11-13-9-8-12(2)10-15(13)14-6-4-5-7-16(14)17(18,19)20/h4-10,21H,3,11H2,1-2H3. The first-order valence-electron chi connectivity index (χ1n) is 6.90. The second kappa shape index (κ2) is 6.31. The molecule has 4 heteroatoms. The first-order chi connectivity index (χ1) is 9.93. The van der Waals surface area contributed by atoms with Gasteiger partial charge in [-0.25, -0.2) is 0 Å². The van der Waals surface area contributed by atoms with Crippen LogP contribution in [0.3, 0.4) is 0 Å². The summed E-state index contributed by atoms with van der Waals surface area (Å²) in [5.74, 6) is 0. The first-order valence-corrected chi connectivity index (χ1v) is 6.90. The molecule has 0 aliphatic heterocycles. The summed E-state index contributed by atoms with van der Waals surface area (Å²) in [7, 11) is 0. The van der Waals surface area contributed by atoms with Gasteiger partial charge in [0.2, 0.25) is 0 Å². The van der Waals surface area contributed by atoms with Gasteiger partial charge in [0.25, 0.3) is 0 Å². The Morgan fingerprint density at radius 2 is 1.71 bits per heavy atom. The lowest BCUT2D eigenvalue weighted by Gasteiger charge is -2.16. The minimum Gasteiger partial charge on any atom is -0.313 e. The van der Waals surface area contributed by atoms with E-state index in [2.05, 4.69) is 5.32 Å². The maximum Gasteiger partial charge on any atom is 0.417 e. The van der Waals surface area contributed by atoms with Crippen molar-refractivity contribution >= 4 is 0 Å². The van der Waals surface area contributed by atoms with Crippen LogP contribution < -0.4 is 5.32 Å². The van der Waals surface area contributed by atoms with Gasteiger partial charge in [0.05, 0.1) is 5.56 Å². The lowest BCUT2D eigenvalue weighted by atomic mass is 9.93.